The number of rotatable bonds is 5. The third-order valence-electron chi connectivity index (χ3n) is 3.79. The van der Waals surface area contributed by atoms with Gasteiger partial charge in [0, 0.05) is 23.5 Å². The molecule has 1 heterocycles. The number of halogens is 1. The molecule has 106 valence electrons. The van der Waals surface area contributed by atoms with Crippen LogP contribution in [0.4, 0.5) is 0 Å². The van der Waals surface area contributed by atoms with E-state index in [9.17, 15) is 0 Å². The Morgan fingerprint density at radius 1 is 1.42 bits per heavy atom. The zero-order chi connectivity index (χ0) is 13.7. The van der Waals surface area contributed by atoms with E-state index in [0.717, 1.165) is 19.7 Å². The molecule has 2 nitrogen and oxygen atoms in total. The molecule has 1 aromatic carbocycles. The lowest BCUT2D eigenvalue weighted by molar-refractivity contribution is -0.0277. The first-order valence-corrected chi connectivity index (χ1v) is 8.10. The van der Waals surface area contributed by atoms with Crippen molar-refractivity contribution in [1.29, 1.82) is 0 Å². The Bertz CT molecular complexity index is 408. The fraction of sp³-hybridized carbons (Fsp3) is 0.625. The molecular formula is C16H24BrNO. The van der Waals surface area contributed by atoms with E-state index in [2.05, 4.69) is 53.3 Å². The lowest BCUT2D eigenvalue weighted by Gasteiger charge is -2.32. The second-order valence-electron chi connectivity index (χ2n) is 5.41. The highest BCUT2D eigenvalue weighted by Gasteiger charge is 2.27. The summed E-state index contributed by atoms with van der Waals surface area (Å²) in [5.74, 6) is 0.598. The minimum atomic E-state index is 0.255. The normalized spacial score (nSPS) is 23.5. The van der Waals surface area contributed by atoms with Gasteiger partial charge in [0.1, 0.15) is 0 Å². The summed E-state index contributed by atoms with van der Waals surface area (Å²) in [7, 11) is 0. The largest absolute Gasteiger partial charge is 0.373 e. The van der Waals surface area contributed by atoms with Crippen LogP contribution in [-0.2, 0) is 4.74 Å². The van der Waals surface area contributed by atoms with E-state index in [1.165, 1.54) is 34.9 Å². The summed E-state index contributed by atoms with van der Waals surface area (Å²) in [4.78, 5) is 0. The van der Waals surface area contributed by atoms with Crippen molar-refractivity contribution in [2.45, 2.75) is 39.2 Å². The summed E-state index contributed by atoms with van der Waals surface area (Å²) in [5.41, 5.74) is 2.61. The van der Waals surface area contributed by atoms with Crippen LogP contribution < -0.4 is 5.32 Å². The molecule has 2 unspecified atom stereocenters. The molecule has 1 saturated heterocycles. The molecule has 19 heavy (non-hydrogen) atoms. The zero-order valence-electron chi connectivity index (χ0n) is 11.9. The molecule has 0 amide bonds. The molecule has 3 heteroatoms. The molecule has 0 bridgehead atoms. The van der Waals surface area contributed by atoms with Crippen LogP contribution in [0.5, 0.6) is 0 Å². The average Bonchev–Trinajstić information content (AvgIpc) is 2.43. The fourth-order valence-corrected chi connectivity index (χ4v) is 2.98. The van der Waals surface area contributed by atoms with E-state index < -0.39 is 0 Å². The minimum absolute atomic E-state index is 0.255. The summed E-state index contributed by atoms with van der Waals surface area (Å²) in [6.07, 6.45) is 3.89. The highest BCUT2D eigenvalue weighted by Crippen LogP contribution is 2.34. The minimum Gasteiger partial charge on any atom is -0.373 e. The molecule has 1 aliphatic heterocycles. The molecule has 0 spiro atoms. The number of hydrogen-bond acceptors (Lipinski definition) is 2. The molecule has 2 atom stereocenters. The molecular weight excluding hydrogens is 302 g/mol. The zero-order valence-corrected chi connectivity index (χ0v) is 13.5. The Kier molecular flexibility index (Phi) is 5.86. The molecule has 0 aliphatic carbocycles. The first kappa shape index (κ1) is 15.0. The summed E-state index contributed by atoms with van der Waals surface area (Å²) >= 11 is 3.57. The van der Waals surface area contributed by atoms with Gasteiger partial charge in [0.15, 0.2) is 0 Å². The van der Waals surface area contributed by atoms with E-state index in [1.807, 2.05) is 0 Å². The van der Waals surface area contributed by atoms with Crippen molar-refractivity contribution in [1.82, 2.24) is 5.32 Å². The highest BCUT2D eigenvalue weighted by atomic mass is 79.9. The standard InChI is InChI=1S/C16H24BrNO/c1-3-8-18-11-14-5-4-9-19-16(14)13-6-7-15(17)12(2)10-13/h6-7,10,14,16,18H,3-5,8-9,11H2,1-2H3. The number of aryl methyl sites for hydroxylation is 1. The van der Waals surface area contributed by atoms with Crippen molar-refractivity contribution < 1.29 is 4.74 Å². The van der Waals surface area contributed by atoms with Crippen LogP contribution in [0, 0.1) is 12.8 Å². The van der Waals surface area contributed by atoms with Gasteiger partial charge in [-0.3, -0.25) is 0 Å². The third-order valence-corrected chi connectivity index (χ3v) is 4.68. The molecule has 1 aliphatic rings. The van der Waals surface area contributed by atoms with Gasteiger partial charge >= 0.3 is 0 Å². The average molecular weight is 326 g/mol. The molecule has 0 saturated carbocycles. The smallest absolute Gasteiger partial charge is 0.0865 e. The SMILES string of the molecule is CCCNCC1CCCOC1c1ccc(Br)c(C)c1. The van der Waals surface area contributed by atoms with Gasteiger partial charge < -0.3 is 10.1 Å². The van der Waals surface area contributed by atoms with Crippen LogP contribution in [-0.4, -0.2) is 19.7 Å². The van der Waals surface area contributed by atoms with E-state index in [1.54, 1.807) is 0 Å². The molecule has 1 N–H and O–H groups in total. The topological polar surface area (TPSA) is 21.3 Å². The molecule has 0 radical (unpaired) electrons. The second-order valence-corrected chi connectivity index (χ2v) is 6.26. The number of hydrogen-bond donors (Lipinski definition) is 1. The Morgan fingerprint density at radius 3 is 3.00 bits per heavy atom. The van der Waals surface area contributed by atoms with Crippen LogP contribution >= 0.6 is 15.9 Å². The third kappa shape index (κ3) is 4.04. The maximum absolute atomic E-state index is 6.05. The summed E-state index contributed by atoms with van der Waals surface area (Å²) in [6, 6.07) is 6.59. The van der Waals surface area contributed by atoms with Crippen LogP contribution in [0.1, 0.15) is 43.4 Å². The molecule has 1 fully saturated rings. The summed E-state index contributed by atoms with van der Waals surface area (Å²) < 4.78 is 7.22. The maximum Gasteiger partial charge on any atom is 0.0865 e. The van der Waals surface area contributed by atoms with E-state index in [4.69, 9.17) is 4.74 Å². The predicted molar refractivity (Wildman–Crippen MR) is 83.5 cm³/mol. The van der Waals surface area contributed by atoms with Gasteiger partial charge in [0.2, 0.25) is 0 Å². The Labute approximate surface area is 125 Å². The van der Waals surface area contributed by atoms with Crippen LogP contribution in [0.3, 0.4) is 0 Å². The number of nitrogens with one attached hydrogen (secondary N) is 1. The van der Waals surface area contributed by atoms with Gasteiger partial charge in [0.25, 0.3) is 0 Å². The van der Waals surface area contributed by atoms with Crippen LogP contribution in [0.15, 0.2) is 22.7 Å². The number of ether oxygens (including phenoxy) is 1. The van der Waals surface area contributed by atoms with Gasteiger partial charge in [-0.2, -0.15) is 0 Å². The van der Waals surface area contributed by atoms with Gasteiger partial charge in [0.05, 0.1) is 6.10 Å². The Morgan fingerprint density at radius 2 is 2.26 bits per heavy atom. The van der Waals surface area contributed by atoms with Crippen molar-refractivity contribution in [2.75, 3.05) is 19.7 Å². The van der Waals surface area contributed by atoms with Crippen LogP contribution in [0.2, 0.25) is 0 Å². The second kappa shape index (κ2) is 7.41. The predicted octanol–water partition coefficient (Wildman–Crippen LogP) is 4.22. The van der Waals surface area contributed by atoms with Crippen molar-refractivity contribution >= 4 is 15.9 Å². The van der Waals surface area contributed by atoms with E-state index >= 15 is 0 Å². The molecule has 2 rings (SSSR count). The van der Waals surface area contributed by atoms with Crippen LogP contribution in [0.25, 0.3) is 0 Å². The Balaban J connectivity index is 2.07. The summed E-state index contributed by atoms with van der Waals surface area (Å²) in [5, 5.41) is 3.54. The molecule has 0 aromatic heterocycles. The van der Waals surface area contributed by atoms with Crippen molar-refractivity contribution in [3.05, 3.63) is 33.8 Å². The first-order valence-electron chi connectivity index (χ1n) is 7.30. The van der Waals surface area contributed by atoms with Crippen molar-refractivity contribution in [3.63, 3.8) is 0 Å². The van der Waals surface area contributed by atoms with Gasteiger partial charge in [-0.15, -0.1) is 0 Å². The molecule has 1 aromatic rings. The van der Waals surface area contributed by atoms with Gasteiger partial charge in [-0.25, -0.2) is 0 Å². The van der Waals surface area contributed by atoms with Crippen molar-refractivity contribution in [3.8, 4) is 0 Å². The van der Waals surface area contributed by atoms with Gasteiger partial charge in [-0.1, -0.05) is 35.0 Å². The quantitative estimate of drug-likeness (QED) is 0.818. The number of benzene rings is 1. The fourth-order valence-electron chi connectivity index (χ4n) is 2.73. The van der Waals surface area contributed by atoms with E-state index in [0.29, 0.717) is 5.92 Å². The Hall–Kier alpha value is -0.380. The summed E-state index contributed by atoms with van der Waals surface area (Å²) in [6.45, 7) is 7.40. The van der Waals surface area contributed by atoms with Gasteiger partial charge in [-0.05, 0) is 49.9 Å². The van der Waals surface area contributed by atoms with Crippen molar-refractivity contribution in [2.24, 2.45) is 5.92 Å². The first-order chi connectivity index (χ1) is 9.22. The maximum atomic E-state index is 6.05. The lowest BCUT2D eigenvalue weighted by Crippen LogP contribution is -2.32. The lowest BCUT2D eigenvalue weighted by atomic mass is 9.89. The van der Waals surface area contributed by atoms with E-state index in [-0.39, 0.29) is 6.10 Å². The monoisotopic (exact) mass is 325 g/mol. The highest BCUT2D eigenvalue weighted by molar-refractivity contribution is 9.10.